The Balaban J connectivity index is 2.79. The molecule has 0 aliphatic carbocycles. The highest BCUT2D eigenvalue weighted by Gasteiger charge is 2.16. The number of hydrogen-bond donors (Lipinski definition) is 1. The molecule has 1 rings (SSSR count). The average molecular weight is 229 g/mol. The van der Waals surface area contributed by atoms with Crippen molar-refractivity contribution in [2.75, 3.05) is 13.7 Å². The molecule has 1 aromatic carbocycles. The summed E-state index contributed by atoms with van der Waals surface area (Å²) in [6.07, 6.45) is 0.313. The molecule has 0 fully saturated rings. The summed E-state index contributed by atoms with van der Waals surface area (Å²) in [6, 6.07) is 1.84. The molecule has 88 valence electrons. The molecule has 2 N–H and O–H groups in total. The molecule has 0 saturated heterocycles. The van der Waals surface area contributed by atoms with E-state index in [1.54, 1.807) is 0 Å². The number of benzene rings is 1. The number of carbonyl (C=O) groups is 1. The van der Waals surface area contributed by atoms with E-state index in [0.717, 1.165) is 12.1 Å². The van der Waals surface area contributed by atoms with Crippen molar-refractivity contribution in [3.63, 3.8) is 0 Å². The molecule has 5 heteroatoms. The van der Waals surface area contributed by atoms with Crippen LogP contribution in [-0.4, -0.2) is 25.5 Å². The molecule has 0 aliphatic heterocycles. The maximum atomic E-state index is 12.8. The van der Waals surface area contributed by atoms with Gasteiger partial charge in [-0.15, -0.1) is 0 Å². The van der Waals surface area contributed by atoms with Gasteiger partial charge in [0.15, 0.2) is 5.78 Å². The Labute approximate surface area is 92.2 Å². The lowest BCUT2D eigenvalue weighted by atomic mass is 10.0. The first-order valence-electron chi connectivity index (χ1n) is 4.79. The number of carbonyl (C=O) groups excluding carboxylic acids is 1. The fourth-order valence-corrected chi connectivity index (χ4v) is 1.29. The zero-order valence-corrected chi connectivity index (χ0v) is 8.87. The highest BCUT2D eigenvalue weighted by molar-refractivity contribution is 5.99. The molecule has 0 saturated carbocycles. The minimum atomic E-state index is -0.804. The first-order valence-corrected chi connectivity index (χ1v) is 4.79. The normalized spacial score (nSPS) is 12.5. The van der Waals surface area contributed by atoms with E-state index in [9.17, 15) is 13.6 Å². The number of ether oxygens (including phenoxy) is 1. The van der Waals surface area contributed by atoms with Crippen molar-refractivity contribution in [3.8, 4) is 0 Å². The molecule has 0 aliphatic rings. The van der Waals surface area contributed by atoms with Crippen molar-refractivity contribution in [1.29, 1.82) is 0 Å². The molecular formula is C11H13F2NO2. The van der Waals surface area contributed by atoms with Crippen molar-refractivity contribution < 1.29 is 18.3 Å². The van der Waals surface area contributed by atoms with Crippen LogP contribution < -0.4 is 5.73 Å². The average Bonchev–Trinajstić information content (AvgIpc) is 2.23. The number of nitrogens with two attached hydrogens (primary N) is 1. The van der Waals surface area contributed by atoms with Crippen LogP contribution in [0, 0.1) is 11.6 Å². The Morgan fingerprint density at radius 1 is 1.38 bits per heavy atom. The van der Waals surface area contributed by atoms with Crippen molar-refractivity contribution in [2.24, 2.45) is 5.73 Å². The molecule has 0 aromatic heterocycles. The third-order valence-electron chi connectivity index (χ3n) is 2.12. The molecule has 1 unspecified atom stereocenters. The summed E-state index contributed by atoms with van der Waals surface area (Å²) < 4.78 is 30.5. The lowest BCUT2D eigenvalue weighted by molar-refractivity contribution is 0.0934. The minimum Gasteiger partial charge on any atom is -0.385 e. The van der Waals surface area contributed by atoms with E-state index >= 15 is 0 Å². The van der Waals surface area contributed by atoms with Crippen LogP contribution in [-0.2, 0) is 4.74 Å². The second kappa shape index (κ2) is 5.67. The van der Waals surface area contributed by atoms with Crippen molar-refractivity contribution in [1.82, 2.24) is 0 Å². The predicted octanol–water partition coefficient (Wildman–Crippen LogP) is 1.51. The van der Waals surface area contributed by atoms with Gasteiger partial charge < -0.3 is 10.5 Å². The highest BCUT2D eigenvalue weighted by atomic mass is 19.1. The van der Waals surface area contributed by atoms with Crippen LogP contribution >= 0.6 is 0 Å². The van der Waals surface area contributed by atoms with Gasteiger partial charge in [-0.05, 0) is 18.6 Å². The number of hydrogen-bond acceptors (Lipinski definition) is 3. The SMILES string of the molecule is COCCC(N)C(=O)c1cc(F)cc(F)c1. The Morgan fingerprint density at radius 2 is 1.94 bits per heavy atom. The highest BCUT2D eigenvalue weighted by Crippen LogP contribution is 2.10. The van der Waals surface area contributed by atoms with E-state index in [4.69, 9.17) is 10.5 Å². The number of Topliss-reactive ketones (excluding diaryl/α,β-unsaturated/α-hetero) is 1. The maximum absolute atomic E-state index is 12.8. The topological polar surface area (TPSA) is 52.3 Å². The van der Waals surface area contributed by atoms with Crippen LogP contribution in [0.5, 0.6) is 0 Å². The second-order valence-electron chi connectivity index (χ2n) is 3.41. The zero-order valence-electron chi connectivity index (χ0n) is 8.87. The Morgan fingerprint density at radius 3 is 2.44 bits per heavy atom. The van der Waals surface area contributed by atoms with Crippen LogP contribution in [0.1, 0.15) is 16.8 Å². The quantitative estimate of drug-likeness (QED) is 0.779. The first-order chi connectivity index (χ1) is 7.54. The lowest BCUT2D eigenvalue weighted by Crippen LogP contribution is -2.31. The van der Waals surface area contributed by atoms with Crippen LogP contribution in [0.25, 0.3) is 0 Å². The number of halogens is 2. The van der Waals surface area contributed by atoms with Crippen LogP contribution in [0.4, 0.5) is 8.78 Å². The standard InChI is InChI=1S/C11H13F2NO2/c1-16-3-2-10(14)11(15)7-4-8(12)6-9(13)5-7/h4-6,10H,2-3,14H2,1H3. The summed E-state index contributed by atoms with van der Waals surface area (Å²) in [7, 11) is 1.49. The van der Waals surface area contributed by atoms with Crippen LogP contribution in [0.2, 0.25) is 0 Å². The predicted molar refractivity (Wildman–Crippen MR) is 55.2 cm³/mol. The fraction of sp³-hybridized carbons (Fsp3) is 0.364. The van der Waals surface area contributed by atoms with E-state index < -0.39 is 23.5 Å². The van der Waals surface area contributed by atoms with Crippen LogP contribution in [0.15, 0.2) is 18.2 Å². The van der Waals surface area contributed by atoms with Crippen molar-refractivity contribution in [3.05, 3.63) is 35.4 Å². The third-order valence-corrected chi connectivity index (χ3v) is 2.12. The van der Waals surface area contributed by atoms with Gasteiger partial charge in [-0.2, -0.15) is 0 Å². The molecule has 0 heterocycles. The van der Waals surface area contributed by atoms with E-state index in [1.165, 1.54) is 7.11 Å². The van der Waals surface area contributed by atoms with Gasteiger partial charge in [0.05, 0.1) is 6.04 Å². The van der Waals surface area contributed by atoms with Gasteiger partial charge in [-0.1, -0.05) is 0 Å². The smallest absolute Gasteiger partial charge is 0.179 e. The number of rotatable bonds is 5. The van der Waals surface area contributed by atoms with Crippen molar-refractivity contribution >= 4 is 5.78 Å². The number of methoxy groups -OCH3 is 1. The zero-order chi connectivity index (χ0) is 12.1. The maximum Gasteiger partial charge on any atom is 0.179 e. The summed E-state index contributed by atoms with van der Waals surface area (Å²) in [5.41, 5.74) is 5.51. The molecule has 0 amide bonds. The van der Waals surface area contributed by atoms with Gasteiger partial charge in [0.1, 0.15) is 11.6 Å². The summed E-state index contributed by atoms with van der Waals surface area (Å²) in [5.74, 6) is -2.07. The van der Waals surface area contributed by atoms with E-state index in [2.05, 4.69) is 0 Å². The Bertz CT molecular complexity index is 362. The summed E-state index contributed by atoms with van der Waals surface area (Å²) in [5, 5.41) is 0. The van der Waals surface area contributed by atoms with Crippen LogP contribution in [0.3, 0.4) is 0 Å². The third kappa shape index (κ3) is 3.36. The monoisotopic (exact) mass is 229 g/mol. The second-order valence-corrected chi connectivity index (χ2v) is 3.41. The van der Waals surface area contributed by atoms with Gasteiger partial charge in [0, 0.05) is 25.3 Å². The molecule has 3 nitrogen and oxygen atoms in total. The number of ketones is 1. The van der Waals surface area contributed by atoms with Gasteiger partial charge in [-0.3, -0.25) is 4.79 Å². The summed E-state index contributed by atoms with van der Waals surface area (Å²) >= 11 is 0. The first kappa shape index (κ1) is 12.7. The summed E-state index contributed by atoms with van der Waals surface area (Å²) in [6.45, 7) is 0.324. The molecule has 1 aromatic rings. The van der Waals surface area contributed by atoms with E-state index in [0.29, 0.717) is 19.1 Å². The molecule has 0 spiro atoms. The van der Waals surface area contributed by atoms with E-state index in [-0.39, 0.29) is 5.56 Å². The molecule has 0 bridgehead atoms. The molecule has 16 heavy (non-hydrogen) atoms. The van der Waals surface area contributed by atoms with Crippen molar-refractivity contribution in [2.45, 2.75) is 12.5 Å². The molecule has 0 radical (unpaired) electrons. The fourth-order valence-electron chi connectivity index (χ4n) is 1.29. The molecular weight excluding hydrogens is 216 g/mol. The Kier molecular flexibility index (Phi) is 4.52. The summed E-state index contributed by atoms with van der Waals surface area (Å²) in [4.78, 5) is 11.6. The Hall–Kier alpha value is -1.33. The van der Waals surface area contributed by atoms with Gasteiger partial charge in [0.25, 0.3) is 0 Å². The van der Waals surface area contributed by atoms with Gasteiger partial charge in [-0.25, -0.2) is 8.78 Å². The van der Waals surface area contributed by atoms with E-state index in [1.807, 2.05) is 0 Å². The largest absolute Gasteiger partial charge is 0.385 e. The van der Waals surface area contributed by atoms with Gasteiger partial charge in [0.2, 0.25) is 0 Å². The lowest BCUT2D eigenvalue weighted by Gasteiger charge is -2.09. The van der Waals surface area contributed by atoms with Gasteiger partial charge >= 0.3 is 0 Å². The molecule has 1 atom stereocenters. The minimum absolute atomic E-state index is 0.0545.